The maximum absolute atomic E-state index is 4.82. The van der Waals surface area contributed by atoms with Crippen LogP contribution in [0.4, 0.5) is 0 Å². The molecule has 0 aliphatic rings. The van der Waals surface area contributed by atoms with Gasteiger partial charge >= 0.3 is 0 Å². The molecular weight excluding hydrogens is 374 g/mol. The Kier molecular flexibility index (Phi) is 5.64. The number of fused-ring (bicyclic) bond motifs is 2. The van der Waals surface area contributed by atoms with Crippen LogP contribution < -0.4 is 0 Å². The monoisotopic (exact) mass is 409 g/mol. The number of aromatic nitrogens is 1. The molecule has 0 atom stereocenters. The lowest BCUT2D eigenvalue weighted by Gasteiger charge is -2.46. The molecule has 0 unspecified atom stereocenters. The summed E-state index contributed by atoms with van der Waals surface area (Å²) < 4.78 is 0. The van der Waals surface area contributed by atoms with E-state index in [0.717, 1.165) is 5.69 Å². The minimum absolute atomic E-state index is 0.150. The maximum Gasteiger partial charge on any atom is 0.0780 e. The van der Waals surface area contributed by atoms with Gasteiger partial charge in [0.15, 0.2) is 0 Å². The number of rotatable bonds is 5. The highest BCUT2D eigenvalue weighted by Gasteiger charge is 2.41. The van der Waals surface area contributed by atoms with Gasteiger partial charge in [0.2, 0.25) is 0 Å². The molecule has 0 N–H and O–H groups in total. The van der Waals surface area contributed by atoms with Gasteiger partial charge in [0.05, 0.1) is 5.69 Å². The molecule has 0 amide bonds. The zero-order valence-electron chi connectivity index (χ0n) is 20.0. The summed E-state index contributed by atoms with van der Waals surface area (Å²) in [5, 5.41) is 5.08. The standard InChI is InChI=1S/C30H35N/c1-19(2)30(20(3)4,21(5)6)26-12-13-28-24(18-26)14-15-31-29(28)25-16-22(7)27-11-9-8-10-23(27)17-25/h8-21H,1-7H3. The molecule has 4 rings (SSSR count). The highest BCUT2D eigenvalue weighted by Crippen LogP contribution is 2.46. The molecular formula is C30H35N. The van der Waals surface area contributed by atoms with Gasteiger partial charge in [-0.2, -0.15) is 0 Å². The maximum atomic E-state index is 4.82. The second kappa shape index (κ2) is 8.11. The first-order chi connectivity index (χ1) is 14.8. The Morgan fingerprint density at radius 3 is 2.00 bits per heavy atom. The number of aryl methyl sites for hydroxylation is 1. The van der Waals surface area contributed by atoms with E-state index in [9.17, 15) is 0 Å². The Bertz CT molecular complexity index is 1210. The smallest absolute Gasteiger partial charge is 0.0780 e. The molecule has 4 aromatic rings. The minimum Gasteiger partial charge on any atom is -0.256 e. The van der Waals surface area contributed by atoms with Crippen LogP contribution in [-0.4, -0.2) is 4.98 Å². The molecule has 0 aliphatic carbocycles. The summed E-state index contributed by atoms with van der Waals surface area (Å²) in [6, 6.07) is 22.4. The zero-order chi connectivity index (χ0) is 22.3. The third kappa shape index (κ3) is 3.45. The summed E-state index contributed by atoms with van der Waals surface area (Å²) in [5.74, 6) is 1.69. The van der Waals surface area contributed by atoms with E-state index in [2.05, 4.69) is 109 Å². The second-order valence-corrected chi connectivity index (χ2v) is 10.0. The fraction of sp³-hybridized carbons (Fsp3) is 0.367. The number of pyridine rings is 1. The third-order valence-corrected chi connectivity index (χ3v) is 7.47. The van der Waals surface area contributed by atoms with Gasteiger partial charge in [-0.3, -0.25) is 4.98 Å². The van der Waals surface area contributed by atoms with Crippen LogP contribution in [0, 0.1) is 24.7 Å². The van der Waals surface area contributed by atoms with E-state index in [1.54, 1.807) is 0 Å². The summed E-state index contributed by atoms with van der Waals surface area (Å²) in [6.07, 6.45) is 1.97. The van der Waals surface area contributed by atoms with Crippen molar-refractivity contribution < 1.29 is 0 Å². The minimum atomic E-state index is 0.150. The van der Waals surface area contributed by atoms with Gasteiger partial charge in [-0.25, -0.2) is 0 Å². The van der Waals surface area contributed by atoms with Crippen molar-refractivity contribution in [2.45, 2.75) is 53.9 Å². The molecule has 0 fully saturated rings. The van der Waals surface area contributed by atoms with Crippen molar-refractivity contribution in [2.24, 2.45) is 17.8 Å². The Balaban J connectivity index is 1.92. The van der Waals surface area contributed by atoms with Crippen LogP contribution in [0.1, 0.15) is 52.7 Å². The molecule has 0 bridgehead atoms. The van der Waals surface area contributed by atoms with E-state index in [-0.39, 0.29) is 5.41 Å². The molecule has 0 spiro atoms. The molecule has 160 valence electrons. The largest absolute Gasteiger partial charge is 0.256 e. The van der Waals surface area contributed by atoms with E-state index in [1.165, 1.54) is 38.2 Å². The van der Waals surface area contributed by atoms with Crippen LogP contribution >= 0.6 is 0 Å². The Labute approximate surface area is 187 Å². The van der Waals surface area contributed by atoms with Crippen LogP contribution in [-0.2, 0) is 5.41 Å². The normalized spacial score (nSPS) is 12.6. The van der Waals surface area contributed by atoms with Gasteiger partial charge in [0, 0.05) is 22.6 Å². The lowest BCUT2D eigenvalue weighted by atomic mass is 9.58. The molecule has 1 aromatic heterocycles. The second-order valence-electron chi connectivity index (χ2n) is 10.0. The van der Waals surface area contributed by atoms with Crippen molar-refractivity contribution in [2.75, 3.05) is 0 Å². The predicted molar refractivity (Wildman–Crippen MR) is 136 cm³/mol. The number of hydrogen-bond acceptors (Lipinski definition) is 1. The Morgan fingerprint density at radius 1 is 0.677 bits per heavy atom. The first-order valence-electron chi connectivity index (χ1n) is 11.7. The van der Waals surface area contributed by atoms with Gasteiger partial charge in [-0.05, 0) is 70.2 Å². The van der Waals surface area contributed by atoms with E-state index < -0.39 is 0 Å². The van der Waals surface area contributed by atoms with E-state index in [1.807, 2.05) is 6.20 Å². The van der Waals surface area contributed by atoms with Crippen LogP contribution in [0.25, 0.3) is 32.8 Å². The van der Waals surface area contributed by atoms with Crippen LogP contribution in [0.15, 0.2) is 66.9 Å². The molecule has 0 saturated carbocycles. The van der Waals surface area contributed by atoms with Gasteiger partial charge in [0.25, 0.3) is 0 Å². The van der Waals surface area contributed by atoms with Crippen molar-refractivity contribution in [3.05, 3.63) is 78.0 Å². The third-order valence-electron chi connectivity index (χ3n) is 7.47. The van der Waals surface area contributed by atoms with Crippen LogP contribution in [0.3, 0.4) is 0 Å². The Hall–Kier alpha value is -2.67. The topological polar surface area (TPSA) is 12.9 Å². The summed E-state index contributed by atoms with van der Waals surface area (Å²) in [4.78, 5) is 4.82. The molecule has 1 heteroatoms. The van der Waals surface area contributed by atoms with Crippen molar-refractivity contribution in [1.82, 2.24) is 4.98 Å². The van der Waals surface area contributed by atoms with Gasteiger partial charge in [-0.15, -0.1) is 0 Å². The molecule has 0 radical (unpaired) electrons. The average molecular weight is 410 g/mol. The highest BCUT2D eigenvalue weighted by molar-refractivity contribution is 5.98. The quantitative estimate of drug-likeness (QED) is 0.322. The van der Waals surface area contributed by atoms with Gasteiger partial charge in [0.1, 0.15) is 0 Å². The summed E-state index contributed by atoms with van der Waals surface area (Å²) in [5.41, 5.74) is 5.16. The van der Waals surface area contributed by atoms with Gasteiger partial charge in [-0.1, -0.05) is 84.0 Å². The fourth-order valence-electron chi connectivity index (χ4n) is 6.32. The lowest BCUT2D eigenvalue weighted by molar-refractivity contribution is 0.148. The lowest BCUT2D eigenvalue weighted by Crippen LogP contribution is -2.42. The zero-order valence-corrected chi connectivity index (χ0v) is 20.0. The average Bonchev–Trinajstić information content (AvgIpc) is 2.72. The summed E-state index contributed by atoms with van der Waals surface area (Å²) in [7, 11) is 0. The number of nitrogens with zero attached hydrogens (tertiary/aromatic N) is 1. The highest BCUT2D eigenvalue weighted by atomic mass is 14.7. The van der Waals surface area contributed by atoms with E-state index >= 15 is 0 Å². The molecule has 1 heterocycles. The predicted octanol–water partition coefficient (Wildman–Crippen LogP) is 8.57. The van der Waals surface area contributed by atoms with Crippen LogP contribution in [0.5, 0.6) is 0 Å². The van der Waals surface area contributed by atoms with Crippen molar-refractivity contribution in [3.63, 3.8) is 0 Å². The first kappa shape index (κ1) is 21.6. The van der Waals surface area contributed by atoms with E-state index in [0.29, 0.717) is 17.8 Å². The van der Waals surface area contributed by atoms with Gasteiger partial charge < -0.3 is 0 Å². The molecule has 31 heavy (non-hydrogen) atoms. The number of hydrogen-bond donors (Lipinski definition) is 0. The van der Waals surface area contributed by atoms with E-state index in [4.69, 9.17) is 4.98 Å². The fourth-order valence-corrected chi connectivity index (χ4v) is 6.32. The van der Waals surface area contributed by atoms with Crippen molar-refractivity contribution in [3.8, 4) is 11.3 Å². The van der Waals surface area contributed by atoms with Crippen molar-refractivity contribution >= 4 is 21.5 Å². The molecule has 0 saturated heterocycles. The first-order valence-corrected chi connectivity index (χ1v) is 11.7. The summed E-state index contributed by atoms with van der Waals surface area (Å²) in [6.45, 7) is 16.4. The molecule has 3 aromatic carbocycles. The molecule has 0 aliphatic heterocycles. The van der Waals surface area contributed by atoms with Crippen molar-refractivity contribution in [1.29, 1.82) is 0 Å². The Morgan fingerprint density at radius 2 is 1.32 bits per heavy atom. The molecule has 1 nitrogen and oxygen atoms in total. The van der Waals surface area contributed by atoms with Crippen LogP contribution in [0.2, 0.25) is 0 Å². The number of benzene rings is 3. The summed E-state index contributed by atoms with van der Waals surface area (Å²) >= 11 is 0. The SMILES string of the molecule is Cc1cc(-c2nccc3cc(C(C(C)C)(C(C)C)C(C)C)ccc23)cc2ccccc12.